The van der Waals surface area contributed by atoms with Crippen molar-refractivity contribution in [3.05, 3.63) is 46.6 Å². The Morgan fingerprint density at radius 2 is 1.47 bits per heavy atom. The van der Waals surface area contributed by atoms with E-state index in [1.165, 1.54) is 31.3 Å². The molecule has 2 aliphatic carbocycles. The zero-order chi connectivity index (χ0) is 10.7. The second-order valence-electron chi connectivity index (χ2n) is 4.72. The van der Waals surface area contributed by atoms with Crippen molar-refractivity contribution >= 4 is 0 Å². The van der Waals surface area contributed by atoms with Gasteiger partial charge in [0.15, 0.2) is 0 Å². The summed E-state index contributed by atoms with van der Waals surface area (Å²) in [7, 11) is 0. The highest BCUT2D eigenvalue weighted by Crippen LogP contribution is 2.29. The fourth-order valence-corrected chi connectivity index (χ4v) is 2.24. The van der Waals surface area contributed by atoms with Crippen molar-refractivity contribution in [1.82, 2.24) is 0 Å². The quantitative estimate of drug-likeness (QED) is 0.538. The molecule has 80 valence electrons. The van der Waals surface area contributed by atoms with Crippen LogP contribution in [0.4, 0.5) is 0 Å². The molecule has 2 rings (SSSR count). The van der Waals surface area contributed by atoms with Gasteiger partial charge in [0.25, 0.3) is 0 Å². The van der Waals surface area contributed by atoms with E-state index in [2.05, 4.69) is 38.2 Å². The van der Waals surface area contributed by atoms with Crippen LogP contribution in [0.1, 0.15) is 46.0 Å². The second-order valence-corrected chi connectivity index (χ2v) is 4.72. The van der Waals surface area contributed by atoms with Crippen LogP contribution in [-0.4, -0.2) is 0 Å². The van der Waals surface area contributed by atoms with Crippen LogP contribution in [0.5, 0.6) is 0 Å². The molecule has 0 amide bonds. The van der Waals surface area contributed by atoms with Gasteiger partial charge in [0.2, 0.25) is 0 Å². The van der Waals surface area contributed by atoms with E-state index >= 15 is 0 Å². The zero-order valence-electron chi connectivity index (χ0n) is 9.84. The molecular formula is C15H20. The second kappa shape index (κ2) is 4.65. The molecule has 0 spiro atoms. The highest BCUT2D eigenvalue weighted by atomic mass is 14.2. The summed E-state index contributed by atoms with van der Waals surface area (Å²) < 4.78 is 0. The van der Waals surface area contributed by atoms with Crippen molar-refractivity contribution in [1.29, 1.82) is 0 Å². The Hall–Kier alpha value is -1.04. The van der Waals surface area contributed by atoms with Gasteiger partial charge >= 0.3 is 0 Å². The number of rotatable bonds is 1. The molecule has 0 heteroatoms. The van der Waals surface area contributed by atoms with Gasteiger partial charge in [-0.25, -0.2) is 0 Å². The standard InChI is InChI=1S/C15H20/c1-12-4-3-5-14(9-6-12)15-10-7-13(2)8-11-15/h4-5,7,10H,3,6,8-9,11H2,1-2H3. The topological polar surface area (TPSA) is 0 Å². The van der Waals surface area contributed by atoms with Crippen LogP contribution >= 0.6 is 0 Å². The summed E-state index contributed by atoms with van der Waals surface area (Å²) in [5.74, 6) is 0. The average Bonchev–Trinajstić information content (AvgIpc) is 2.44. The molecule has 0 bridgehead atoms. The van der Waals surface area contributed by atoms with E-state index in [1.807, 2.05) is 0 Å². The minimum absolute atomic E-state index is 1.13. The van der Waals surface area contributed by atoms with E-state index in [0.717, 1.165) is 6.42 Å². The molecule has 0 nitrogen and oxygen atoms in total. The normalized spacial score (nSPS) is 22.3. The molecule has 0 heterocycles. The van der Waals surface area contributed by atoms with Gasteiger partial charge in [0.05, 0.1) is 0 Å². The first-order valence-corrected chi connectivity index (χ1v) is 5.97. The maximum atomic E-state index is 2.41. The molecule has 0 aromatic rings. The Morgan fingerprint density at radius 3 is 2.20 bits per heavy atom. The Labute approximate surface area is 93.1 Å². The van der Waals surface area contributed by atoms with Crippen LogP contribution in [0, 0.1) is 0 Å². The Bertz CT molecular complexity index is 361. The summed E-state index contributed by atoms with van der Waals surface area (Å²) in [4.78, 5) is 0. The maximum Gasteiger partial charge on any atom is -0.0161 e. The predicted octanol–water partition coefficient (Wildman–Crippen LogP) is 4.71. The van der Waals surface area contributed by atoms with E-state index in [0.29, 0.717) is 0 Å². The zero-order valence-corrected chi connectivity index (χ0v) is 9.84. The molecule has 0 fully saturated rings. The Balaban J connectivity index is 2.10. The van der Waals surface area contributed by atoms with E-state index in [-0.39, 0.29) is 0 Å². The first-order chi connectivity index (χ1) is 7.25. The van der Waals surface area contributed by atoms with Crippen LogP contribution < -0.4 is 0 Å². The summed E-state index contributed by atoms with van der Waals surface area (Å²) in [5.41, 5.74) is 6.22. The number of hydrogen-bond donors (Lipinski definition) is 0. The first kappa shape index (κ1) is 10.5. The van der Waals surface area contributed by atoms with Crippen molar-refractivity contribution in [2.75, 3.05) is 0 Å². The first-order valence-electron chi connectivity index (χ1n) is 5.97. The molecule has 0 radical (unpaired) electrons. The lowest BCUT2D eigenvalue weighted by Gasteiger charge is -2.15. The van der Waals surface area contributed by atoms with Gasteiger partial charge in [0.1, 0.15) is 0 Å². The van der Waals surface area contributed by atoms with Crippen molar-refractivity contribution in [2.24, 2.45) is 0 Å². The van der Waals surface area contributed by atoms with Gasteiger partial charge in [-0.2, -0.15) is 0 Å². The molecule has 0 aromatic carbocycles. The SMILES string of the molecule is CC1=CC=C(C2=CCC=C(C)CC2)CC1. The largest absolute Gasteiger partial charge is 0.0818 e. The highest BCUT2D eigenvalue weighted by Gasteiger charge is 2.10. The van der Waals surface area contributed by atoms with Gasteiger partial charge in [-0.1, -0.05) is 35.5 Å². The molecule has 0 saturated heterocycles. The third kappa shape index (κ3) is 2.71. The average molecular weight is 200 g/mol. The maximum absolute atomic E-state index is 2.41. The molecule has 2 aliphatic rings. The van der Waals surface area contributed by atoms with Gasteiger partial charge in [-0.15, -0.1) is 0 Å². The van der Waals surface area contributed by atoms with Crippen molar-refractivity contribution in [3.63, 3.8) is 0 Å². The lowest BCUT2D eigenvalue weighted by molar-refractivity contribution is 0.864. The molecule has 0 unspecified atom stereocenters. The minimum atomic E-state index is 1.13. The fraction of sp³-hybridized carbons (Fsp3) is 0.467. The summed E-state index contributed by atoms with van der Waals surface area (Å²) >= 11 is 0. The van der Waals surface area contributed by atoms with Crippen molar-refractivity contribution < 1.29 is 0 Å². The Morgan fingerprint density at radius 1 is 0.733 bits per heavy atom. The van der Waals surface area contributed by atoms with E-state index in [9.17, 15) is 0 Å². The molecule has 0 atom stereocenters. The van der Waals surface area contributed by atoms with Crippen LogP contribution in [0.3, 0.4) is 0 Å². The van der Waals surface area contributed by atoms with E-state index in [4.69, 9.17) is 0 Å². The number of allylic oxidation sites excluding steroid dienone is 8. The van der Waals surface area contributed by atoms with Crippen LogP contribution in [0.2, 0.25) is 0 Å². The van der Waals surface area contributed by atoms with Crippen LogP contribution in [0.15, 0.2) is 46.6 Å². The molecular weight excluding hydrogens is 180 g/mol. The van der Waals surface area contributed by atoms with Crippen molar-refractivity contribution in [2.45, 2.75) is 46.0 Å². The van der Waals surface area contributed by atoms with Crippen molar-refractivity contribution in [3.8, 4) is 0 Å². The number of hydrogen-bond acceptors (Lipinski definition) is 0. The molecule has 15 heavy (non-hydrogen) atoms. The summed E-state index contributed by atoms with van der Waals surface area (Å²) in [5, 5.41) is 0. The van der Waals surface area contributed by atoms with E-state index in [1.54, 1.807) is 16.7 Å². The van der Waals surface area contributed by atoms with Gasteiger partial charge in [-0.05, 0) is 57.1 Å². The highest BCUT2D eigenvalue weighted by molar-refractivity contribution is 5.39. The molecule has 0 aliphatic heterocycles. The third-order valence-corrected chi connectivity index (χ3v) is 3.39. The fourth-order valence-electron chi connectivity index (χ4n) is 2.24. The Kier molecular flexibility index (Phi) is 3.25. The van der Waals surface area contributed by atoms with Crippen LogP contribution in [-0.2, 0) is 0 Å². The van der Waals surface area contributed by atoms with E-state index < -0.39 is 0 Å². The summed E-state index contributed by atoms with van der Waals surface area (Å²) in [6.45, 7) is 4.47. The molecule has 0 N–H and O–H groups in total. The molecule has 0 saturated carbocycles. The van der Waals surface area contributed by atoms with Gasteiger partial charge in [0, 0.05) is 0 Å². The van der Waals surface area contributed by atoms with Gasteiger partial charge < -0.3 is 0 Å². The summed E-state index contributed by atoms with van der Waals surface area (Å²) in [6, 6.07) is 0. The van der Waals surface area contributed by atoms with Crippen LogP contribution in [0.25, 0.3) is 0 Å². The minimum Gasteiger partial charge on any atom is -0.0818 e. The molecule has 0 aromatic heterocycles. The lowest BCUT2D eigenvalue weighted by Crippen LogP contribution is -1.95. The predicted molar refractivity (Wildman–Crippen MR) is 66.8 cm³/mol. The smallest absolute Gasteiger partial charge is 0.0161 e. The summed E-state index contributed by atoms with van der Waals surface area (Å²) in [6.07, 6.45) is 15.5. The lowest BCUT2D eigenvalue weighted by atomic mass is 9.91. The monoisotopic (exact) mass is 200 g/mol. The van der Waals surface area contributed by atoms with Gasteiger partial charge in [-0.3, -0.25) is 0 Å². The third-order valence-electron chi connectivity index (χ3n) is 3.39.